The highest BCUT2D eigenvalue weighted by atomic mass is 16.5. The van der Waals surface area contributed by atoms with Crippen molar-refractivity contribution in [3.63, 3.8) is 0 Å². The van der Waals surface area contributed by atoms with Crippen molar-refractivity contribution in [2.75, 3.05) is 0 Å². The third-order valence-corrected chi connectivity index (χ3v) is 15.4. The maximum atomic E-state index is 13.6. The lowest BCUT2D eigenvalue weighted by Crippen LogP contribution is -2.63. The largest absolute Gasteiger partial charge is 0.462 e. The Kier molecular flexibility index (Phi) is 8.36. The number of nitrogens with two attached hydrogens (primary N) is 1. The minimum Gasteiger partial charge on any atom is -0.462 e. The van der Waals surface area contributed by atoms with Gasteiger partial charge in [0.2, 0.25) is 0 Å². The van der Waals surface area contributed by atoms with Crippen LogP contribution in [0.5, 0.6) is 0 Å². The summed E-state index contributed by atoms with van der Waals surface area (Å²) >= 11 is 0. The summed E-state index contributed by atoms with van der Waals surface area (Å²) in [6.07, 6.45) is 9.58. The average molecular weight is 658 g/mol. The van der Waals surface area contributed by atoms with Crippen molar-refractivity contribution in [2.45, 2.75) is 131 Å². The van der Waals surface area contributed by atoms with E-state index in [1.54, 1.807) is 0 Å². The molecule has 1 aromatic carbocycles. The van der Waals surface area contributed by atoms with Gasteiger partial charge in [0, 0.05) is 17.4 Å². The quantitative estimate of drug-likeness (QED) is 0.310. The average Bonchev–Trinajstić information content (AvgIpc) is 3.31. The van der Waals surface area contributed by atoms with Gasteiger partial charge in [-0.05, 0) is 121 Å². The molecule has 6 aliphatic carbocycles. The first-order chi connectivity index (χ1) is 22.6. The minimum absolute atomic E-state index is 0.0763. The predicted molar refractivity (Wildman–Crippen MR) is 186 cm³/mol. The van der Waals surface area contributed by atoms with E-state index in [-0.39, 0.29) is 64.6 Å². The molecule has 5 fully saturated rings. The fraction of sp³-hybridized carbons (Fsp3) is 0.738. The molecule has 0 heterocycles. The second-order valence-corrected chi connectivity index (χ2v) is 18.4. The number of esters is 2. The Morgan fingerprint density at radius 1 is 0.875 bits per heavy atom. The van der Waals surface area contributed by atoms with Gasteiger partial charge in [0.05, 0.1) is 11.8 Å². The molecule has 6 heteroatoms. The van der Waals surface area contributed by atoms with Crippen molar-refractivity contribution >= 4 is 17.7 Å². The number of Topliss-reactive ketones (excluding diaryl/α,β-unsaturated/α-hetero) is 1. The van der Waals surface area contributed by atoms with E-state index in [0.717, 1.165) is 49.7 Å². The van der Waals surface area contributed by atoms with Crippen molar-refractivity contribution in [1.29, 1.82) is 0 Å². The van der Waals surface area contributed by atoms with E-state index in [1.165, 1.54) is 18.4 Å². The molecule has 6 aliphatic rings. The van der Waals surface area contributed by atoms with E-state index in [4.69, 9.17) is 15.2 Å². The van der Waals surface area contributed by atoms with Crippen LogP contribution >= 0.6 is 0 Å². The number of fused-ring (bicyclic) bond motifs is 7. The Morgan fingerprint density at radius 3 is 2.25 bits per heavy atom. The molecule has 0 aromatic heterocycles. The first-order valence-corrected chi connectivity index (χ1v) is 19.1. The van der Waals surface area contributed by atoms with Gasteiger partial charge in [-0.15, -0.1) is 0 Å². The number of hydrogen-bond acceptors (Lipinski definition) is 6. The smallest absolute Gasteiger partial charge is 0.309 e. The van der Waals surface area contributed by atoms with Crippen molar-refractivity contribution in [3.8, 4) is 0 Å². The van der Waals surface area contributed by atoms with Crippen LogP contribution in [0, 0.1) is 63.6 Å². The summed E-state index contributed by atoms with van der Waals surface area (Å²) < 4.78 is 12.0. The first-order valence-electron chi connectivity index (χ1n) is 19.1. The van der Waals surface area contributed by atoms with Crippen LogP contribution in [-0.2, 0) is 30.5 Å². The van der Waals surface area contributed by atoms with E-state index >= 15 is 0 Å². The monoisotopic (exact) mass is 657 g/mol. The van der Waals surface area contributed by atoms with Crippen molar-refractivity contribution in [1.82, 2.24) is 0 Å². The molecule has 2 N–H and O–H groups in total. The van der Waals surface area contributed by atoms with Gasteiger partial charge in [-0.25, -0.2) is 0 Å². The summed E-state index contributed by atoms with van der Waals surface area (Å²) in [7, 11) is 0. The maximum absolute atomic E-state index is 13.6. The fourth-order valence-corrected chi connectivity index (χ4v) is 13.0. The zero-order valence-corrected chi connectivity index (χ0v) is 30.5. The molecule has 1 aromatic rings. The normalized spacial score (nSPS) is 43.0. The second kappa shape index (κ2) is 11.8. The molecule has 0 bridgehead atoms. The molecule has 0 saturated heterocycles. The predicted octanol–water partition coefficient (Wildman–Crippen LogP) is 8.22. The van der Waals surface area contributed by atoms with Crippen LogP contribution in [0.2, 0.25) is 0 Å². The van der Waals surface area contributed by atoms with E-state index in [9.17, 15) is 14.4 Å². The second-order valence-electron chi connectivity index (χ2n) is 18.4. The van der Waals surface area contributed by atoms with Crippen molar-refractivity contribution < 1.29 is 23.9 Å². The third-order valence-electron chi connectivity index (χ3n) is 15.4. The molecule has 11 atom stereocenters. The lowest BCUT2D eigenvalue weighted by molar-refractivity contribution is -0.216. The van der Waals surface area contributed by atoms with Crippen LogP contribution in [0.1, 0.15) is 118 Å². The van der Waals surface area contributed by atoms with Gasteiger partial charge in [0.15, 0.2) is 5.78 Å². The highest BCUT2D eigenvalue weighted by Crippen LogP contribution is 2.72. The highest BCUT2D eigenvalue weighted by molar-refractivity contribution is 6.01. The molecule has 5 saturated carbocycles. The van der Waals surface area contributed by atoms with Crippen LogP contribution < -0.4 is 5.73 Å². The zero-order chi connectivity index (χ0) is 34.4. The Morgan fingerprint density at radius 2 is 1.56 bits per heavy atom. The van der Waals surface area contributed by atoms with Gasteiger partial charge in [0.25, 0.3) is 0 Å². The van der Waals surface area contributed by atoms with Crippen molar-refractivity contribution in [3.05, 3.63) is 47.0 Å². The SMILES string of the molecule is CC(C)C1=C2C3CCC4C(C)(CCC5C(C)(C)C(OC(=O)C6CC(C(=O)OCc7ccccc7)C6C)CCC54C)C3CCC2(N)CC1=O. The number of ketones is 1. The number of hydrogen-bond donors (Lipinski definition) is 1. The van der Waals surface area contributed by atoms with Crippen LogP contribution in [0.15, 0.2) is 41.5 Å². The van der Waals surface area contributed by atoms with Crippen LogP contribution in [0.3, 0.4) is 0 Å². The van der Waals surface area contributed by atoms with Crippen LogP contribution in [-0.4, -0.2) is 29.4 Å². The Hall–Kier alpha value is -2.47. The standard InChI is InChI=1S/C42H59NO5/c1-24(2)35-31(44)22-42(43)20-15-30-27(36(35)42)13-14-33-40(30,6)18-16-32-39(4,5)34(17-19-41(32,33)7)48-38(46)29-21-28(25(29)3)37(45)47-23-26-11-9-8-10-12-26/h8-12,24-25,27-30,32-34H,13-23,43H2,1-7H3. The van der Waals surface area contributed by atoms with Gasteiger partial charge < -0.3 is 15.2 Å². The lowest BCUT2D eigenvalue weighted by Gasteiger charge is -2.68. The molecule has 0 amide bonds. The van der Waals surface area contributed by atoms with E-state index in [0.29, 0.717) is 42.3 Å². The first kappa shape index (κ1) is 34.0. The van der Waals surface area contributed by atoms with E-state index in [2.05, 4.69) is 41.5 Å². The van der Waals surface area contributed by atoms with E-state index in [1.807, 2.05) is 37.3 Å². The molecular formula is C42H59NO5. The van der Waals surface area contributed by atoms with Gasteiger partial charge in [0.1, 0.15) is 12.7 Å². The molecule has 48 heavy (non-hydrogen) atoms. The number of carbonyl (C=O) groups excluding carboxylic acids is 3. The maximum Gasteiger partial charge on any atom is 0.309 e. The topological polar surface area (TPSA) is 95.7 Å². The van der Waals surface area contributed by atoms with E-state index < -0.39 is 5.54 Å². The van der Waals surface area contributed by atoms with Crippen LogP contribution in [0.4, 0.5) is 0 Å². The molecule has 7 rings (SSSR count). The molecule has 0 spiro atoms. The highest BCUT2D eigenvalue weighted by Gasteiger charge is 2.66. The summed E-state index contributed by atoms with van der Waals surface area (Å²) in [5.74, 6) is 1.71. The summed E-state index contributed by atoms with van der Waals surface area (Å²) in [4.78, 5) is 39.7. The number of ether oxygens (including phenoxy) is 2. The Balaban J connectivity index is 1.02. The zero-order valence-electron chi connectivity index (χ0n) is 30.5. The molecule has 262 valence electrons. The molecule has 0 aliphatic heterocycles. The summed E-state index contributed by atoms with van der Waals surface area (Å²) in [5, 5.41) is 0. The third kappa shape index (κ3) is 5.08. The van der Waals surface area contributed by atoms with Gasteiger partial charge in [-0.1, -0.05) is 78.8 Å². The number of allylic oxidation sites excluding steroid dienone is 1. The lowest BCUT2D eigenvalue weighted by atomic mass is 9.37. The minimum atomic E-state index is -0.424. The summed E-state index contributed by atoms with van der Waals surface area (Å²) in [5.41, 5.74) is 10.3. The fourth-order valence-electron chi connectivity index (χ4n) is 13.0. The summed E-state index contributed by atoms with van der Waals surface area (Å²) in [6, 6.07) is 9.72. The van der Waals surface area contributed by atoms with Gasteiger partial charge in [-0.2, -0.15) is 0 Å². The molecule has 0 radical (unpaired) electrons. The van der Waals surface area contributed by atoms with Gasteiger partial charge >= 0.3 is 11.9 Å². The van der Waals surface area contributed by atoms with Crippen molar-refractivity contribution in [2.24, 2.45) is 69.3 Å². The van der Waals surface area contributed by atoms with Crippen LogP contribution in [0.25, 0.3) is 0 Å². The molecule has 6 nitrogen and oxygen atoms in total. The Labute approximate surface area is 288 Å². The molecule has 11 unspecified atom stereocenters. The number of rotatable bonds is 6. The summed E-state index contributed by atoms with van der Waals surface area (Å²) in [6.45, 7) is 16.5. The Bertz CT molecular complexity index is 1500. The number of carbonyl (C=O) groups is 3. The molecular weight excluding hydrogens is 598 g/mol. The van der Waals surface area contributed by atoms with Gasteiger partial charge in [-0.3, -0.25) is 14.4 Å². The number of benzene rings is 1.